The molecule has 0 aromatic heterocycles. The summed E-state index contributed by atoms with van der Waals surface area (Å²) in [4.78, 5) is 30.4. The molecule has 2 saturated heterocycles. The summed E-state index contributed by atoms with van der Waals surface area (Å²) < 4.78 is 0. The van der Waals surface area contributed by atoms with Gasteiger partial charge >= 0.3 is 0 Å². The molecule has 1 unspecified atom stereocenters. The zero-order valence-corrected chi connectivity index (χ0v) is 18.1. The second kappa shape index (κ2) is 5.72. The summed E-state index contributed by atoms with van der Waals surface area (Å²) in [6, 6.07) is 0. The Kier molecular flexibility index (Phi) is 4.33. The number of amides is 2. The molecule has 0 spiro atoms. The SMILES string of the molecule is CC(C)C(C)(C)C(=O)N1C[C@]2(C)CN(C(=O)C3CCC3(C)C)C[C@]2(C)C1. The Hall–Kier alpha value is -1.06. The monoisotopic (exact) mass is 362 g/mol. The van der Waals surface area contributed by atoms with E-state index in [4.69, 9.17) is 0 Å². The number of likely N-dealkylation sites (tertiary alicyclic amines) is 2. The first-order chi connectivity index (χ1) is 11.7. The summed E-state index contributed by atoms with van der Waals surface area (Å²) >= 11 is 0. The fraction of sp³-hybridized carbons (Fsp3) is 0.909. The average Bonchev–Trinajstić information content (AvgIpc) is 2.89. The van der Waals surface area contributed by atoms with Crippen LogP contribution in [0.5, 0.6) is 0 Å². The van der Waals surface area contributed by atoms with Crippen molar-refractivity contribution in [1.29, 1.82) is 0 Å². The molecule has 4 nitrogen and oxygen atoms in total. The Labute approximate surface area is 159 Å². The molecule has 0 radical (unpaired) electrons. The Morgan fingerprint density at radius 3 is 1.73 bits per heavy atom. The lowest BCUT2D eigenvalue weighted by Gasteiger charge is -2.45. The summed E-state index contributed by atoms with van der Waals surface area (Å²) in [6.45, 7) is 20.5. The summed E-state index contributed by atoms with van der Waals surface area (Å²) in [5.74, 6) is 1.11. The molecule has 2 amide bonds. The van der Waals surface area contributed by atoms with Crippen LogP contribution in [0.2, 0.25) is 0 Å². The highest BCUT2D eigenvalue weighted by molar-refractivity contribution is 5.83. The van der Waals surface area contributed by atoms with Gasteiger partial charge in [-0.2, -0.15) is 0 Å². The first-order valence-corrected chi connectivity index (χ1v) is 10.3. The lowest BCUT2D eigenvalue weighted by atomic mass is 9.62. The van der Waals surface area contributed by atoms with E-state index in [9.17, 15) is 9.59 Å². The molecule has 148 valence electrons. The van der Waals surface area contributed by atoms with E-state index in [1.807, 2.05) is 0 Å². The number of rotatable bonds is 3. The van der Waals surface area contributed by atoms with Crippen molar-refractivity contribution in [3.05, 3.63) is 0 Å². The molecule has 0 N–H and O–H groups in total. The number of nitrogens with zero attached hydrogens (tertiary/aromatic N) is 2. The number of hydrogen-bond acceptors (Lipinski definition) is 2. The quantitative estimate of drug-likeness (QED) is 0.766. The number of hydrogen-bond donors (Lipinski definition) is 0. The van der Waals surface area contributed by atoms with E-state index in [2.05, 4.69) is 65.2 Å². The van der Waals surface area contributed by atoms with Crippen LogP contribution >= 0.6 is 0 Å². The number of carbonyl (C=O) groups excluding carboxylic acids is 2. The van der Waals surface area contributed by atoms with E-state index in [1.54, 1.807) is 0 Å². The van der Waals surface area contributed by atoms with E-state index in [0.717, 1.165) is 39.0 Å². The van der Waals surface area contributed by atoms with Crippen LogP contribution in [0.1, 0.15) is 68.2 Å². The van der Waals surface area contributed by atoms with Gasteiger partial charge in [0.25, 0.3) is 0 Å². The molecule has 4 heteroatoms. The largest absolute Gasteiger partial charge is 0.341 e. The molecule has 0 bridgehead atoms. The van der Waals surface area contributed by atoms with E-state index in [-0.39, 0.29) is 33.5 Å². The zero-order chi connectivity index (χ0) is 19.7. The number of carbonyl (C=O) groups is 2. The molecular formula is C22H38N2O2. The Balaban J connectivity index is 1.73. The summed E-state index contributed by atoms with van der Waals surface area (Å²) in [5.41, 5.74) is -0.185. The van der Waals surface area contributed by atoms with E-state index in [0.29, 0.717) is 11.8 Å². The third-order valence-electron chi connectivity index (χ3n) is 8.53. The molecule has 0 aromatic carbocycles. The first-order valence-electron chi connectivity index (χ1n) is 10.3. The Morgan fingerprint density at radius 2 is 1.38 bits per heavy atom. The molecule has 1 saturated carbocycles. The highest BCUT2D eigenvalue weighted by Crippen LogP contribution is 2.54. The van der Waals surface area contributed by atoms with Gasteiger partial charge in [0.1, 0.15) is 0 Å². The Bertz CT molecular complexity index is 604. The molecule has 3 aliphatic rings. The van der Waals surface area contributed by atoms with Crippen LogP contribution in [0.15, 0.2) is 0 Å². The predicted molar refractivity (Wildman–Crippen MR) is 104 cm³/mol. The van der Waals surface area contributed by atoms with Gasteiger partial charge in [0.2, 0.25) is 11.8 Å². The van der Waals surface area contributed by atoms with Crippen LogP contribution in [0, 0.1) is 33.5 Å². The highest BCUT2D eigenvalue weighted by atomic mass is 16.2. The lowest BCUT2D eigenvalue weighted by Crippen LogP contribution is -2.49. The van der Waals surface area contributed by atoms with Gasteiger partial charge in [-0.1, -0.05) is 55.4 Å². The molecule has 3 atom stereocenters. The average molecular weight is 363 g/mol. The molecule has 3 rings (SSSR count). The van der Waals surface area contributed by atoms with E-state index in [1.165, 1.54) is 0 Å². The van der Waals surface area contributed by atoms with E-state index >= 15 is 0 Å². The Morgan fingerprint density at radius 1 is 0.923 bits per heavy atom. The maximum Gasteiger partial charge on any atom is 0.228 e. The molecular weight excluding hydrogens is 324 g/mol. The molecule has 26 heavy (non-hydrogen) atoms. The smallest absolute Gasteiger partial charge is 0.228 e. The molecule has 3 fully saturated rings. The van der Waals surface area contributed by atoms with Crippen molar-refractivity contribution in [3.8, 4) is 0 Å². The fourth-order valence-electron chi connectivity index (χ4n) is 5.16. The third-order valence-corrected chi connectivity index (χ3v) is 8.53. The van der Waals surface area contributed by atoms with Gasteiger partial charge in [0.15, 0.2) is 0 Å². The molecule has 0 aromatic rings. The van der Waals surface area contributed by atoms with Crippen molar-refractivity contribution >= 4 is 11.8 Å². The second-order valence-corrected chi connectivity index (χ2v) is 11.4. The zero-order valence-electron chi connectivity index (χ0n) is 18.1. The topological polar surface area (TPSA) is 40.6 Å². The van der Waals surface area contributed by atoms with Crippen molar-refractivity contribution in [2.75, 3.05) is 26.2 Å². The van der Waals surface area contributed by atoms with Crippen LogP contribution in [-0.4, -0.2) is 47.8 Å². The minimum Gasteiger partial charge on any atom is -0.341 e. The summed E-state index contributed by atoms with van der Waals surface area (Å²) in [7, 11) is 0. The van der Waals surface area contributed by atoms with Gasteiger partial charge in [-0.3, -0.25) is 9.59 Å². The minimum atomic E-state index is -0.336. The third kappa shape index (κ3) is 2.70. The van der Waals surface area contributed by atoms with Crippen molar-refractivity contribution in [2.45, 2.75) is 68.2 Å². The highest BCUT2D eigenvalue weighted by Gasteiger charge is 2.61. The predicted octanol–water partition coefficient (Wildman–Crippen LogP) is 3.80. The number of fused-ring (bicyclic) bond motifs is 1. The van der Waals surface area contributed by atoms with Crippen LogP contribution < -0.4 is 0 Å². The van der Waals surface area contributed by atoms with Gasteiger partial charge in [-0.05, 0) is 24.2 Å². The normalized spacial score (nSPS) is 36.3. The van der Waals surface area contributed by atoms with Gasteiger partial charge in [0.05, 0.1) is 0 Å². The summed E-state index contributed by atoms with van der Waals surface area (Å²) in [5, 5.41) is 0. The van der Waals surface area contributed by atoms with Gasteiger partial charge in [-0.25, -0.2) is 0 Å². The van der Waals surface area contributed by atoms with E-state index < -0.39 is 0 Å². The van der Waals surface area contributed by atoms with Gasteiger partial charge in [-0.15, -0.1) is 0 Å². The fourth-order valence-corrected chi connectivity index (χ4v) is 5.16. The van der Waals surface area contributed by atoms with Crippen LogP contribution in [0.4, 0.5) is 0 Å². The lowest BCUT2D eigenvalue weighted by molar-refractivity contribution is -0.145. The second-order valence-electron chi connectivity index (χ2n) is 11.4. The maximum absolute atomic E-state index is 13.1. The van der Waals surface area contributed by atoms with Gasteiger partial charge in [0, 0.05) is 48.3 Å². The standard InChI is InChI=1S/C22H38N2O2/c1-15(2)20(5,6)18(26)24-13-21(7)11-23(12-22(21,8)14-24)17(25)16-9-10-19(16,3)4/h15-16H,9-14H2,1-8H3/t16?,21-,22+. The van der Waals surface area contributed by atoms with Gasteiger partial charge < -0.3 is 9.80 Å². The van der Waals surface area contributed by atoms with Crippen molar-refractivity contribution in [1.82, 2.24) is 9.80 Å². The molecule has 2 heterocycles. The van der Waals surface area contributed by atoms with Crippen molar-refractivity contribution in [2.24, 2.45) is 33.5 Å². The minimum absolute atomic E-state index is 0.000725. The van der Waals surface area contributed by atoms with Crippen LogP contribution in [-0.2, 0) is 9.59 Å². The van der Waals surface area contributed by atoms with Crippen molar-refractivity contribution in [3.63, 3.8) is 0 Å². The van der Waals surface area contributed by atoms with Crippen LogP contribution in [0.25, 0.3) is 0 Å². The molecule has 2 aliphatic heterocycles. The summed E-state index contributed by atoms with van der Waals surface area (Å²) in [6.07, 6.45) is 2.18. The van der Waals surface area contributed by atoms with Crippen LogP contribution in [0.3, 0.4) is 0 Å². The molecule has 1 aliphatic carbocycles. The van der Waals surface area contributed by atoms with Crippen molar-refractivity contribution < 1.29 is 9.59 Å². The first kappa shape index (κ1) is 19.7. The maximum atomic E-state index is 13.1.